The predicted octanol–water partition coefficient (Wildman–Crippen LogP) is 3.96. The van der Waals surface area contributed by atoms with E-state index in [2.05, 4.69) is 24.2 Å². The summed E-state index contributed by atoms with van der Waals surface area (Å²) in [5.41, 5.74) is 6.69. The molecule has 1 saturated carbocycles. The van der Waals surface area contributed by atoms with Gasteiger partial charge in [-0.1, -0.05) is 45.2 Å². The van der Waals surface area contributed by atoms with Gasteiger partial charge in [0.1, 0.15) is 5.82 Å². The van der Waals surface area contributed by atoms with E-state index in [4.69, 9.17) is 5.73 Å². The molecule has 0 radical (unpaired) electrons. The lowest BCUT2D eigenvalue weighted by atomic mass is 9.85. The van der Waals surface area contributed by atoms with E-state index in [1.54, 1.807) is 12.1 Å². The molecule has 1 fully saturated rings. The van der Waals surface area contributed by atoms with Crippen molar-refractivity contribution in [1.82, 2.24) is 5.32 Å². The van der Waals surface area contributed by atoms with Crippen molar-refractivity contribution in [2.24, 2.45) is 10.7 Å². The lowest BCUT2D eigenvalue weighted by Crippen LogP contribution is -2.41. The number of rotatable bonds is 4. The summed E-state index contributed by atoms with van der Waals surface area (Å²) in [5.74, 6) is 0.296. The van der Waals surface area contributed by atoms with Gasteiger partial charge in [0.2, 0.25) is 0 Å². The zero-order valence-electron chi connectivity index (χ0n) is 13.4. The van der Waals surface area contributed by atoms with Gasteiger partial charge in [0.05, 0.1) is 6.54 Å². The second kappa shape index (κ2) is 8.70. The van der Waals surface area contributed by atoms with Crippen molar-refractivity contribution < 1.29 is 4.39 Å². The van der Waals surface area contributed by atoms with Gasteiger partial charge in [-0.2, -0.15) is 0 Å². The molecular weight excluding hydrogens is 392 g/mol. The average Bonchev–Trinajstić information content (AvgIpc) is 2.46. The Balaban J connectivity index is 0.00000242. The number of guanidine groups is 1. The monoisotopic (exact) mass is 419 g/mol. The van der Waals surface area contributed by atoms with Crippen LogP contribution in [0.25, 0.3) is 0 Å². The van der Waals surface area contributed by atoms with Crippen LogP contribution in [-0.4, -0.2) is 18.5 Å². The summed E-state index contributed by atoms with van der Waals surface area (Å²) in [5, 5.41) is 3.31. The summed E-state index contributed by atoms with van der Waals surface area (Å²) in [4.78, 5) is 4.46. The highest BCUT2D eigenvalue weighted by molar-refractivity contribution is 14.0. The van der Waals surface area contributed by atoms with Gasteiger partial charge in [0.15, 0.2) is 5.96 Å². The number of halogens is 2. The molecule has 0 spiro atoms. The number of nitrogens with one attached hydrogen (secondary N) is 1. The molecule has 1 aliphatic rings. The van der Waals surface area contributed by atoms with Gasteiger partial charge in [-0.3, -0.25) is 4.99 Å². The van der Waals surface area contributed by atoms with Crippen molar-refractivity contribution in [2.75, 3.05) is 6.54 Å². The number of nitrogens with two attached hydrogens (primary N) is 1. The predicted molar refractivity (Wildman–Crippen MR) is 101 cm³/mol. The Morgan fingerprint density at radius 3 is 2.64 bits per heavy atom. The first-order chi connectivity index (χ1) is 9.97. The Morgan fingerprint density at radius 1 is 1.32 bits per heavy atom. The second-order valence-corrected chi connectivity index (χ2v) is 6.57. The molecule has 124 valence electrons. The van der Waals surface area contributed by atoms with Gasteiger partial charge in [-0.05, 0) is 30.5 Å². The molecule has 0 unspecified atom stereocenters. The molecule has 1 aromatic rings. The third kappa shape index (κ3) is 5.74. The molecule has 0 heterocycles. The fraction of sp³-hybridized carbons (Fsp3) is 0.588. The highest BCUT2D eigenvalue weighted by Crippen LogP contribution is 2.24. The molecule has 2 rings (SSSR count). The van der Waals surface area contributed by atoms with E-state index in [1.165, 1.54) is 38.2 Å². The molecule has 0 bridgehead atoms. The summed E-state index contributed by atoms with van der Waals surface area (Å²) < 4.78 is 13.3. The van der Waals surface area contributed by atoms with Crippen LogP contribution in [0.3, 0.4) is 0 Å². The zero-order chi connectivity index (χ0) is 15.3. The maximum Gasteiger partial charge on any atom is 0.188 e. The van der Waals surface area contributed by atoms with Crippen LogP contribution in [0.1, 0.15) is 51.5 Å². The maximum absolute atomic E-state index is 13.3. The van der Waals surface area contributed by atoms with Crippen molar-refractivity contribution in [3.8, 4) is 0 Å². The smallest absolute Gasteiger partial charge is 0.188 e. The summed E-state index contributed by atoms with van der Waals surface area (Å²) in [6, 6.07) is 7.16. The Morgan fingerprint density at radius 2 is 2.00 bits per heavy atom. The topological polar surface area (TPSA) is 50.4 Å². The lowest BCUT2D eigenvalue weighted by molar-refractivity contribution is 0.411. The number of hydrogen-bond donors (Lipinski definition) is 2. The van der Waals surface area contributed by atoms with Crippen LogP contribution < -0.4 is 11.1 Å². The number of aliphatic imine (C=N–C) groups is 1. The van der Waals surface area contributed by atoms with Crippen LogP contribution in [0, 0.1) is 5.82 Å². The Bertz CT molecular complexity index is 496. The Kier molecular flexibility index (Phi) is 7.59. The first kappa shape index (κ1) is 19.2. The molecule has 0 amide bonds. The van der Waals surface area contributed by atoms with Crippen molar-refractivity contribution in [1.29, 1.82) is 0 Å². The first-order valence-corrected chi connectivity index (χ1v) is 7.80. The minimum atomic E-state index is -0.235. The Labute approximate surface area is 150 Å². The summed E-state index contributed by atoms with van der Waals surface area (Å²) in [6.07, 6.45) is 6.19. The van der Waals surface area contributed by atoms with Crippen LogP contribution in [0.4, 0.5) is 4.39 Å². The van der Waals surface area contributed by atoms with Crippen molar-refractivity contribution >= 4 is 29.9 Å². The van der Waals surface area contributed by atoms with Crippen molar-refractivity contribution in [2.45, 2.75) is 57.4 Å². The fourth-order valence-electron chi connectivity index (χ4n) is 2.79. The molecule has 1 aromatic carbocycles. The molecular formula is C17H27FIN3. The normalized spacial score (nSPS) is 17.0. The SMILES string of the molecule is CC(C)(CN=C(N)NC1CCCCC1)c1cccc(F)c1.I. The van der Waals surface area contributed by atoms with Gasteiger partial charge in [0.25, 0.3) is 0 Å². The van der Waals surface area contributed by atoms with Gasteiger partial charge in [0, 0.05) is 11.5 Å². The van der Waals surface area contributed by atoms with Crippen molar-refractivity contribution in [3.63, 3.8) is 0 Å². The molecule has 5 heteroatoms. The minimum Gasteiger partial charge on any atom is -0.370 e. The number of benzene rings is 1. The summed E-state index contributed by atoms with van der Waals surface area (Å²) in [7, 11) is 0. The van der Waals surface area contributed by atoms with Crippen LogP contribution in [0.2, 0.25) is 0 Å². The van der Waals surface area contributed by atoms with E-state index in [1.807, 2.05) is 6.07 Å². The largest absolute Gasteiger partial charge is 0.370 e. The molecule has 22 heavy (non-hydrogen) atoms. The van der Waals surface area contributed by atoms with Crippen LogP contribution in [-0.2, 0) is 5.41 Å². The maximum atomic E-state index is 13.3. The van der Waals surface area contributed by atoms with Crippen LogP contribution in [0.15, 0.2) is 29.3 Å². The third-order valence-electron chi connectivity index (χ3n) is 4.21. The number of hydrogen-bond acceptors (Lipinski definition) is 1. The standard InChI is InChI=1S/C17H26FN3.HI/c1-17(2,13-7-6-8-14(18)11-13)12-20-16(19)21-15-9-4-3-5-10-15;/h6-8,11,15H,3-5,9-10,12H2,1-2H3,(H3,19,20,21);1H. The summed E-state index contributed by atoms with van der Waals surface area (Å²) >= 11 is 0. The van der Waals surface area contributed by atoms with E-state index in [0.29, 0.717) is 18.5 Å². The second-order valence-electron chi connectivity index (χ2n) is 6.57. The minimum absolute atomic E-state index is 0. The lowest BCUT2D eigenvalue weighted by Gasteiger charge is -2.25. The molecule has 0 aliphatic heterocycles. The van der Waals surface area contributed by atoms with E-state index in [9.17, 15) is 4.39 Å². The van der Waals surface area contributed by atoms with Gasteiger partial charge in [-0.15, -0.1) is 24.0 Å². The molecule has 3 N–H and O–H groups in total. The fourth-order valence-corrected chi connectivity index (χ4v) is 2.79. The van der Waals surface area contributed by atoms with E-state index < -0.39 is 0 Å². The van der Waals surface area contributed by atoms with Gasteiger partial charge in [-0.25, -0.2) is 4.39 Å². The molecule has 3 nitrogen and oxygen atoms in total. The third-order valence-corrected chi connectivity index (χ3v) is 4.21. The van der Waals surface area contributed by atoms with E-state index in [0.717, 1.165) is 5.56 Å². The first-order valence-electron chi connectivity index (χ1n) is 7.80. The highest BCUT2D eigenvalue weighted by Gasteiger charge is 2.21. The van der Waals surface area contributed by atoms with Gasteiger partial charge >= 0.3 is 0 Å². The van der Waals surface area contributed by atoms with Crippen LogP contribution >= 0.6 is 24.0 Å². The summed E-state index contributed by atoms with van der Waals surface area (Å²) in [6.45, 7) is 4.65. The van der Waals surface area contributed by atoms with Crippen molar-refractivity contribution in [3.05, 3.63) is 35.6 Å². The Hall–Kier alpha value is -0.850. The highest BCUT2D eigenvalue weighted by atomic mass is 127. The molecule has 0 saturated heterocycles. The quantitative estimate of drug-likeness (QED) is 0.441. The van der Waals surface area contributed by atoms with Crippen LogP contribution in [0.5, 0.6) is 0 Å². The van der Waals surface area contributed by atoms with Gasteiger partial charge < -0.3 is 11.1 Å². The molecule has 1 aliphatic carbocycles. The molecule has 0 aromatic heterocycles. The van der Waals surface area contributed by atoms with E-state index >= 15 is 0 Å². The average molecular weight is 419 g/mol. The zero-order valence-corrected chi connectivity index (χ0v) is 15.8. The van der Waals surface area contributed by atoms with E-state index in [-0.39, 0.29) is 35.2 Å². The molecule has 0 atom stereocenters. The number of nitrogens with zero attached hydrogens (tertiary/aromatic N) is 1.